The Bertz CT molecular complexity index is 689. The molecule has 2 heterocycles. The molecule has 0 saturated carbocycles. The van der Waals surface area contributed by atoms with Gasteiger partial charge in [-0.3, -0.25) is 4.57 Å². The predicted molar refractivity (Wildman–Crippen MR) is 63.6 cm³/mol. The van der Waals surface area contributed by atoms with E-state index in [0.717, 1.165) is 16.6 Å². The number of nitriles is 1. The summed E-state index contributed by atoms with van der Waals surface area (Å²) in [6.45, 7) is 3.28. The van der Waals surface area contributed by atoms with Gasteiger partial charge in [-0.15, -0.1) is 0 Å². The molecule has 1 aromatic heterocycles. The zero-order chi connectivity index (χ0) is 12.0. The molecule has 0 unspecified atom stereocenters. The summed E-state index contributed by atoms with van der Waals surface area (Å²) < 4.78 is 1.72. The van der Waals surface area contributed by atoms with Gasteiger partial charge in [0.15, 0.2) is 0 Å². The lowest BCUT2D eigenvalue weighted by Gasteiger charge is -2.09. The van der Waals surface area contributed by atoms with Crippen molar-refractivity contribution in [1.82, 2.24) is 14.9 Å². The van der Waals surface area contributed by atoms with Crippen molar-refractivity contribution in [2.24, 2.45) is 0 Å². The van der Waals surface area contributed by atoms with Crippen LogP contribution in [-0.2, 0) is 13.1 Å². The fourth-order valence-electron chi connectivity index (χ4n) is 2.40. The normalized spacial score (nSPS) is 18.9. The molecule has 86 valence electrons. The number of rotatable bonds is 0. The summed E-state index contributed by atoms with van der Waals surface area (Å²) in [6, 6.07) is 5.95. The van der Waals surface area contributed by atoms with Crippen molar-refractivity contribution in [2.45, 2.75) is 26.1 Å². The summed E-state index contributed by atoms with van der Waals surface area (Å²) in [5.41, 5.74) is 3.11. The largest absolute Gasteiger partial charge is 0.326 e. The summed E-state index contributed by atoms with van der Waals surface area (Å²) in [5.74, 6) is 0. The highest BCUT2D eigenvalue weighted by Gasteiger charge is 2.19. The van der Waals surface area contributed by atoms with E-state index in [1.54, 1.807) is 16.7 Å². The Hall–Kier alpha value is -2.06. The average molecular weight is 228 g/mol. The van der Waals surface area contributed by atoms with Gasteiger partial charge in [0.05, 0.1) is 22.7 Å². The maximum Gasteiger partial charge on any atom is 0.326 e. The van der Waals surface area contributed by atoms with Crippen molar-refractivity contribution in [2.75, 3.05) is 0 Å². The molecule has 0 spiro atoms. The van der Waals surface area contributed by atoms with Crippen LogP contribution in [0.15, 0.2) is 16.9 Å². The van der Waals surface area contributed by atoms with Gasteiger partial charge in [-0.2, -0.15) is 5.26 Å². The van der Waals surface area contributed by atoms with Crippen LogP contribution in [0.4, 0.5) is 0 Å². The van der Waals surface area contributed by atoms with E-state index in [9.17, 15) is 4.79 Å². The Balaban J connectivity index is 2.44. The Morgan fingerprint density at radius 2 is 2.35 bits per heavy atom. The SMILES string of the molecule is C[C@H]1Cn2c(=O)[nH]c3ccc(C#N)c(c32)CN1. The third-order valence-corrected chi connectivity index (χ3v) is 3.24. The highest BCUT2D eigenvalue weighted by molar-refractivity contribution is 5.81. The summed E-state index contributed by atoms with van der Waals surface area (Å²) >= 11 is 0. The Labute approximate surface area is 97.7 Å². The first-order valence-electron chi connectivity index (χ1n) is 5.58. The molecule has 0 amide bonds. The molecule has 5 nitrogen and oxygen atoms in total. The first-order valence-corrected chi connectivity index (χ1v) is 5.58. The smallest absolute Gasteiger partial charge is 0.308 e. The second-order valence-corrected chi connectivity index (χ2v) is 4.42. The molecule has 1 aromatic carbocycles. The maximum atomic E-state index is 11.9. The summed E-state index contributed by atoms with van der Waals surface area (Å²) in [6.07, 6.45) is 0. The van der Waals surface area contributed by atoms with Gasteiger partial charge in [0.2, 0.25) is 0 Å². The van der Waals surface area contributed by atoms with Crippen molar-refractivity contribution < 1.29 is 0 Å². The minimum Gasteiger partial charge on any atom is -0.308 e. The molecule has 3 rings (SSSR count). The van der Waals surface area contributed by atoms with E-state index in [4.69, 9.17) is 5.26 Å². The van der Waals surface area contributed by atoms with Crippen LogP contribution in [0.1, 0.15) is 18.1 Å². The number of H-pyrrole nitrogens is 1. The Kier molecular flexibility index (Phi) is 2.06. The molecule has 0 saturated heterocycles. The van der Waals surface area contributed by atoms with Crippen LogP contribution in [0.25, 0.3) is 11.0 Å². The summed E-state index contributed by atoms with van der Waals surface area (Å²) in [4.78, 5) is 14.7. The van der Waals surface area contributed by atoms with E-state index < -0.39 is 0 Å². The van der Waals surface area contributed by atoms with Gasteiger partial charge >= 0.3 is 5.69 Å². The van der Waals surface area contributed by atoms with Gasteiger partial charge in [-0.05, 0) is 19.1 Å². The van der Waals surface area contributed by atoms with Gasteiger partial charge in [0, 0.05) is 24.7 Å². The van der Waals surface area contributed by atoms with Crippen LogP contribution in [0.5, 0.6) is 0 Å². The van der Waals surface area contributed by atoms with Crippen molar-refractivity contribution >= 4 is 11.0 Å². The van der Waals surface area contributed by atoms with Gasteiger partial charge in [-0.1, -0.05) is 0 Å². The molecule has 2 N–H and O–H groups in total. The number of aromatic nitrogens is 2. The zero-order valence-electron chi connectivity index (χ0n) is 9.45. The molecule has 0 bridgehead atoms. The molecule has 1 aliphatic heterocycles. The van der Waals surface area contributed by atoms with Crippen LogP contribution >= 0.6 is 0 Å². The molecule has 0 fully saturated rings. The highest BCUT2D eigenvalue weighted by Crippen LogP contribution is 2.22. The standard InChI is InChI=1S/C12H12N4O/c1-7-6-16-11-9(5-14-7)8(4-13)2-3-10(11)15-12(16)17/h2-3,7,14H,5-6H2,1H3,(H,15,17)/t7-/m0/s1. The molecule has 1 aliphatic rings. The van der Waals surface area contributed by atoms with E-state index in [-0.39, 0.29) is 11.7 Å². The quantitative estimate of drug-likeness (QED) is 0.696. The molecule has 2 aromatic rings. The van der Waals surface area contributed by atoms with Crippen molar-refractivity contribution in [3.8, 4) is 6.07 Å². The lowest BCUT2D eigenvalue weighted by atomic mass is 10.1. The van der Waals surface area contributed by atoms with Gasteiger partial charge in [0.1, 0.15) is 0 Å². The van der Waals surface area contributed by atoms with E-state index >= 15 is 0 Å². The summed E-state index contributed by atoms with van der Waals surface area (Å²) in [5, 5.41) is 12.4. The van der Waals surface area contributed by atoms with E-state index in [1.165, 1.54) is 0 Å². The fraction of sp³-hybridized carbons (Fsp3) is 0.333. The number of imidazole rings is 1. The molecule has 5 heteroatoms. The monoisotopic (exact) mass is 228 g/mol. The van der Waals surface area contributed by atoms with Crippen LogP contribution in [0.3, 0.4) is 0 Å². The minimum absolute atomic E-state index is 0.105. The number of nitrogens with one attached hydrogen (secondary N) is 2. The van der Waals surface area contributed by atoms with Gasteiger partial charge in [-0.25, -0.2) is 4.79 Å². The van der Waals surface area contributed by atoms with Gasteiger partial charge in [0.25, 0.3) is 0 Å². The third kappa shape index (κ3) is 1.38. The topological polar surface area (TPSA) is 73.6 Å². The summed E-state index contributed by atoms with van der Waals surface area (Å²) in [7, 11) is 0. The molecular weight excluding hydrogens is 216 g/mol. The second-order valence-electron chi connectivity index (χ2n) is 4.42. The fourth-order valence-corrected chi connectivity index (χ4v) is 2.40. The maximum absolute atomic E-state index is 11.9. The number of aromatic amines is 1. The number of benzene rings is 1. The Morgan fingerprint density at radius 3 is 3.12 bits per heavy atom. The van der Waals surface area contributed by atoms with Crippen molar-refractivity contribution in [1.29, 1.82) is 5.26 Å². The minimum atomic E-state index is -0.105. The molecule has 0 aliphatic carbocycles. The first kappa shape index (κ1) is 10.1. The van der Waals surface area contributed by atoms with Crippen molar-refractivity contribution in [3.63, 3.8) is 0 Å². The molecule has 1 atom stereocenters. The van der Waals surface area contributed by atoms with Crippen LogP contribution in [0, 0.1) is 11.3 Å². The van der Waals surface area contributed by atoms with Crippen molar-refractivity contribution in [3.05, 3.63) is 33.7 Å². The molecular formula is C12H12N4O. The van der Waals surface area contributed by atoms with Crippen LogP contribution in [0.2, 0.25) is 0 Å². The lowest BCUT2D eigenvalue weighted by molar-refractivity contribution is 0.490. The molecule has 0 radical (unpaired) electrons. The van der Waals surface area contributed by atoms with E-state index in [0.29, 0.717) is 18.7 Å². The van der Waals surface area contributed by atoms with Crippen LogP contribution < -0.4 is 11.0 Å². The third-order valence-electron chi connectivity index (χ3n) is 3.24. The number of hydrogen-bond donors (Lipinski definition) is 2. The Morgan fingerprint density at radius 1 is 1.53 bits per heavy atom. The van der Waals surface area contributed by atoms with Crippen LogP contribution in [-0.4, -0.2) is 15.6 Å². The zero-order valence-corrected chi connectivity index (χ0v) is 9.45. The lowest BCUT2D eigenvalue weighted by Crippen LogP contribution is -2.30. The second kappa shape index (κ2) is 3.47. The average Bonchev–Trinajstić information content (AvgIpc) is 2.52. The van der Waals surface area contributed by atoms with Gasteiger partial charge < -0.3 is 10.3 Å². The highest BCUT2D eigenvalue weighted by atomic mass is 16.1. The first-order chi connectivity index (χ1) is 8.20. The number of hydrogen-bond acceptors (Lipinski definition) is 3. The molecule has 17 heavy (non-hydrogen) atoms. The number of nitrogens with zero attached hydrogens (tertiary/aromatic N) is 2. The van der Waals surface area contributed by atoms with E-state index in [1.807, 2.05) is 6.92 Å². The predicted octanol–water partition coefficient (Wildman–Crippen LogP) is 0.693. The van der Waals surface area contributed by atoms with E-state index in [2.05, 4.69) is 16.4 Å².